The van der Waals surface area contributed by atoms with Crippen molar-refractivity contribution in [3.63, 3.8) is 0 Å². The van der Waals surface area contributed by atoms with Gasteiger partial charge in [-0.05, 0) is 43.7 Å². The summed E-state index contributed by atoms with van der Waals surface area (Å²) in [6.07, 6.45) is 2.07. The summed E-state index contributed by atoms with van der Waals surface area (Å²) in [6.45, 7) is 1.82. The smallest absolute Gasteiger partial charge is 0.270 e. The number of nitrogens with one attached hydrogen (secondary N) is 3. The molecule has 1 fully saturated rings. The van der Waals surface area contributed by atoms with Crippen LogP contribution in [0.4, 0.5) is 11.6 Å². The zero-order valence-corrected chi connectivity index (χ0v) is 13.8. The van der Waals surface area contributed by atoms with Crippen molar-refractivity contribution < 1.29 is 4.79 Å². The molecule has 0 radical (unpaired) electrons. The van der Waals surface area contributed by atoms with Gasteiger partial charge in [-0.3, -0.25) is 4.79 Å². The molecule has 1 aromatic carbocycles. The maximum absolute atomic E-state index is 12.6. The van der Waals surface area contributed by atoms with Gasteiger partial charge in [0.15, 0.2) is 5.65 Å². The summed E-state index contributed by atoms with van der Waals surface area (Å²) in [5, 5.41) is 14.0. The van der Waals surface area contributed by atoms with Crippen LogP contribution in [0, 0.1) is 0 Å². The molecule has 0 aliphatic carbocycles. The van der Waals surface area contributed by atoms with Crippen LogP contribution in [0.3, 0.4) is 0 Å². The third-order valence-electron chi connectivity index (χ3n) is 4.25. The number of aromatic nitrogens is 3. The summed E-state index contributed by atoms with van der Waals surface area (Å²) >= 11 is 0. The Labute approximate surface area is 145 Å². The molecule has 0 spiro atoms. The number of carbonyl (C=O) groups is 1. The minimum Gasteiger partial charge on any atom is -0.347 e. The van der Waals surface area contributed by atoms with E-state index in [1.807, 2.05) is 42.5 Å². The predicted molar refractivity (Wildman–Crippen MR) is 96.1 cm³/mol. The van der Waals surface area contributed by atoms with Crippen LogP contribution >= 0.6 is 0 Å². The van der Waals surface area contributed by atoms with Crippen molar-refractivity contribution in [3.8, 4) is 0 Å². The first-order chi connectivity index (χ1) is 12.3. The number of hydrogen-bond acceptors (Lipinski definition) is 5. The third-order valence-corrected chi connectivity index (χ3v) is 4.25. The van der Waals surface area contributed by atoms with Gasteiger partial charge < -0.3 is 16.0 Å². The Morgan fingerprint density at radius 1 is 1.16 bits per heavy atom. The van der Waals surface area contributed by atoms with Gasteiger partial charge in [0.05, 0.1) is 0 Å². The van der Waals surface area contributed by atoms with Crippen molar-refractivity contribution in [2.24, 2.45) is 0 Å². The Kier molecular flexibility index (Phi) is 4.30. The molecule has 1 unspecified atom stereocenters. The first-order valence-corrected chi connectivity index (χ1v) is 8.49. The lowest BCUT2D eigenvalue weighted by Crippen LogP contribution is -2.46. The van der Waals surface area contributed by atoms with Crippen LogP contribution in [0.5, 0.6) is 0 Å². The standard InChI is InChI=1S/C18H20N6O/c25-17(20-14-8-5-11-19-12-14)15-9-4-10-16-22-18(23-24(15)16)21-13-6-2-1-3-7-13/h1-4,6-7,9-10,14,19H,5,8,11-12H2,(H,20,25)(H,21,23). The van der Waals surface area contributed by atoms with Gasteiger partial charge in [-0.25, -0.2) is 4.52 Å². The van der Waals surface area contributed by atoms with E-state index in [0.717, 1.165) is 31.6 Å². The van der Waals surface area contributed by atoms with E-state index >= 15 is 0 Å². The number of anilines is 2. The van der Waals surface area contributed by atoms with E-state index in [1.165, 1.54) is 0 Å². The molecule has 1 aliphatic heterocycles. The quantitative estimate of drug-likeness (QED) is 0.678. The maximum atomic E-state index is 12.6. The average Bonchev–Trinajstić information content (AvgIpc) is 3.05. The fraction of sp³-hybridized carbons (Fsp3) is 0.278. The molecule has 7 heteroatoms. The van der Waals surface area contributed by atoms with Gasteiger partial charge in [0.2, 0.25) is 5.95 Å². The minimum absolute atomic E-state index is 0.129. The zero-order chi connectivity index (χ0) is 17.1. The summed E-state index contributed by atoms with van der Waals surface area (Å²) in [5.74, 6) is 0.334. The van der Waals surface area contributed by atoms with Crippen molar-refractivity contribution in [3.05, 3.63) is 54.2 Å². The Morgan fingerprint density at radius 2 is 2.04 bits per heavy atom. The van der Waals surface area contributed by atoms with Crippen LogP contribution < -0.4 is 16.0 Å². The highest BCUT2D eigenvalue weighted by Crippen LogP contribution is 2.15. The van der Waals surface area contributed by atoms with E-state index in [0.29, 0.717) is 17.3 Å². The monoisotopic (exact) mass is 336 g/mol. The molecular formula is C18H20N6O. The van der Waals surface area contributed by atoms with Crippen molar-refractivity contribution in [2.45, 2.75) is 18.9 Å². The number of fused-ring (bicyclic) bond motifs is 1. The molecule has 4 rings (SSSR count). The Bertz CT molecular complexity index is 870. The topological polar surface area (TPSA) is 83.3 Å². The number of hydrogen-bond donors (Lipinski definition) is 3. The van der Waals surface area contributed by atoms with E-state index in [1.54, 1.807) is 10.6 Å². The van der Waals surface area contributed by atoms with E-state index < -0.39 is 0 Å². The van der Waals surface area contributed by atoms with Gasteiger partial charge in [-0.2, -0.15) is 4.98 Å². The van der Waals surface area contributed by atoms with E-state index in [9.17, 15) is 4.79 Å². The molecular weight excluding hydrogens is 316 g/mol. The molecule has 1 saturated heterocycles. The number of rotatable bonds is 4. The van der Waals surface area contributed by atoms with Crippen molar-refractivity contribution in [1.82, 2.24) is 25.2 Å². The SMILES string of the molecule is O=C(NC1CCCNC1)c1cccc2nc(Nc3ccccc3)nn12. The van der Waals surface area contributed by atoms with Crippen molar-refractivity contribution in [2.75, 3.05) is 18.4 Å². The molecule has 128 valence electrons. The molecule has 1 amide bonds. The Morgan fingerprint density at radius 3 is 2.84 bits per heavy atom. The number of amides is 1. The minimum atomic E-state index is -0.129. The number of piperidine rings is 1. The van der Waals surface area contributed by atoms with Gasteiger partial charge in [0.25, 0.3) is 5.91 Å². The fourth-order valence-corrected chi connectivity index (χ4v) is 3.02. The van der Waals surface area contributed by atoms with Crippen LogP contribution in [0.15, 0.2) is 48.5 Å². The van der Waals surface area contributed by atoms with Crippen LogP contribution in [-0.2, 0) is 0 Å². The second-order valence-electron chi connectivity index (χ2n) is 6.12. The molecule has 25 heavy (non-hydrogen) atoms. The van der Waals surface area contributed by atoms with E-state index in [2.05, 4.69) is 26.0 Å². The van der Waals surface area contributed by atoms with Crippen LogP contribution in [0.1, 0.15) is 23.3 Å². The second kappa shape index (κ2) is 6.90. The summed E-state index contributed by atoms with van der Waals surface area (Å²) in [5.41, 5.74) is 2.02. The fourth-order valence-electron chi connectivity index (χ4n) is 3.02. The van der Waals surface area contributed by atoms with Crippen LogP contribution in [0.25, 0.3) is 5.65 Å². The van der Waals surface area contributed by atoms with Crippen LogP contribution in [-0.4, -0.2) is 39.6 Å². The first kappa shape index (κ1) is 15.6. The first-order valence-electron chi connectivity index (χ1n) is 8.49. The van der Waals surface area contributed by atoms with Gasteiger partial charge in [0.1, 0.15) is 5.69 Å². The highest BCUT2D eigenvalue weighted by molar-refractivity contribution is 5.93. The lowest BCUT2D eigenvalue weighted by atomic mass is 10.1. The molecule has 1 aliphatic rings. The Balaban J connectivity index is 1.57. The van der Waals surface area contributed by atoms with E-state index in [-0.39, 0.29) is 11.9 Å². The van der Waals surface area contributed by atoms with E-state index in [4.69, 9.17) is 0 Å². The predicted octanol–water partition coefficient (Wildman–Crippen LogP) is 1.95. The normalized spacial score (nSPS) is 17.4. The number of carbonyl (C=O) groups excluding carboxylic acids is 1. The van der Waals surface area contributed by atoms with Crippen LogP contribution in [0.2, 0.25) is 0 Å². The molecule has 0 saturated carbocycles. The van der Waals surface area contributed by atoms with Crippen molar-refractivity contribution in [1.29, 1.82) is 0 Å². The molecule has 0 bridgehead atoms. The summed E-state index contributed by atoms with van der Waals surface area (Å²) in [4.78, 5) is 17.1. The average molecular weight is 336 g/mol. The number of pyridine rings is 1. The molecule has 2 aromatic heterocycles. The number of benzene rings is 1. The summed E-state index contributed by atoms with van der Waals surface area (Å²) in [6, 6.07) is 15.3. The summed E-state index contributed by atoms with van der Waals surface area (Å²) in [7, 11) is 0. The molecule has 3 N–H and O–H groups in total. The van der Waals surface area contributed by atoms with Gasteiger partial charge in [-0.15, -0.1) is 5.10 Å². The summed E-state index contributed by atoms with van der Waals surface area (Å²) < 4.78 is 1.58. The largest absolute Gasteiger partial charge is 0.347 e. The number of para-hydroxylation sites is 1. The van der Waals surface area contributed by atoms with Gasteiger partial charge in [0, 0.05) is 18.3 Å². The van der Waals surface area contributed by atoms with Gasteiger partial charge in [-0.1, -0.05) is 24.3 Å². The lowest BCUT2D eigenvalue weighted by molar-refractivity contribution is 0.0923. The second-order valence-corrected chi connectivity index (χ2v) is 6.12. The highest BCUT2D eigenvalue weighted by Gasteiger charge is 2.19. The molecule has 1 atom stereocenters. The van der Waals surface area contributed by atoms with Gasteiger partial charge >= 0.3 is 0 Å². The maximum Gasteiger partial charge on any atom is 0.270 e. The zero-order valence-electron chi connectivity index (χ0n) is 13.8. The molecule has 3 heterocycles. The number of nitrogens with zero attached hydrogens (tertiary/aromatic N) is 3. The molecule has 3 aromatic rings. The third kappa shape index (κ3) is 3.46. The lowest BCUT2D eigenvalue weighted by Gasteiger charge is -2.23. The highest BCUT2D eigenvalue weighted by atomic mass is 16.2. The molecule has 7 nitrogen and oxygen atoms in total. The van der Waals surface area contributed by atoms with Crippen molar-refractivity contribution >= 4 is 23.2 Å². The Hall–Kier alpha value is -2.93.